The fraction of sp³-hybridized carbons (Fsp3) is 0.471. The Labute approximate surface area is 151 Å². The second kappa shape index (κ2) is 7.87. The first-order valence-corrected chi connectivity index (χ1v) is 8.45. The van der Waals surface area contributed by atoms with Gasteiger partial charge in [-0.2, -0.15) is 5.26 Å². The van der Waals surface area contributed by atoms with Crippen LogP contribution in [0.15, 0.2) is 18.2 Å². The van der Waals surface area contributed by atoms with Crippen molar-refractivity contribution in [3.05, 3.63) is 33.8 Å². The molecule has 0 saturated heterocycles. The van der Waals surface area contributed by atoms with E-state index in [1.807, 2.05) is 0 Å². The van der Waals surface area contributed by atoms with Gasteiger partial charge < -0.3 is 9.64 Å². The minimum absolute atomic E-state index is 0.215. The standard InChI is InChI=1S/C17H18Cl2N2O3/c1-21(17(11-20)7-3-2-4-8-17)15(22)10-24-16(23)12-5-6-13(18)14(19)9-12/h5-6,9H,2-4,7-8,10H2,1H3. The molecule has 1 fully saturated rings. The summed E-state index contributed by atoms with van der Waals surface area (Å²) in [5.74, 6) is -1.06. The van der Waals surface area contributed by atoms with Gasteiger partial charge in [-0.25, -0.2) is 4.79 Å². The molecule has 1 aromatic rings. The molecule has 1 amide bonds. The van der Waals surface area contributed by atoms with E-state index < -0.39 is 24.0 Å². The molecule has 0 radical (unpaired) electrons. The molecule has 7 heteroatoms. The normalized spacial score (nSPS) is 16.1. The van der Waals surface area contributed by atoms with Crippen molar-refractivity contribution in [2.24, 2.45) is 0 Å². The maximum atomic E-state index is 12.3. The number of carbonyl (C=O) groups excluding carboxylic acids is 2. The van der Waals surface area contributed by atoms with Crippen molar-refractivity contribution in [2.45, 2.75) is 37.6 Å². The van der Waals surface area contributed by atoms with Crippen molar-refractivity contribution >= 4 is 35.1 Å². The van der Waals surface area contributed by atoms with E-state index in [2.05, 4.69) is 6.07 Å². The van der Waals surface area contributed by atoms with E-state index in [0.717, 1.165) is 19.3 Å². The lowest BCUT2D eigenvalue weighted by atomic mass is 9.81. The van der Waals surface area contributed by atoms with Crippen LogP contribution in [0.2, 0.25) is 10.0 Å². The Morgan fingerprint density at radius 2 is 1.92 bits per heavy atom. The van der Waals surface area contributed by atoms with Crippen LogP contribution in [-0.2, 0) is 9.53 Å². The number of hydrogen-bond acceptors (Lipinski definition) is 4. The number of halogens is 2. The molecule has 0 heterocycles. The highest BCUT2D eigenvalue weighted by Gasteiger charge is 2.39. The van der Waals surface area contributed by atoms with Gasteiger partial charge in [0.2, 0.25) is 0 Å². The van der Waals surface area contributed by atoms with Crippen molar-refractivity contribution in [2.75, 3.05) is 13.7 Å². The van der Waals surface area contributed by atoms with Crippen LogP contribution in [0.1, 0.15) is 42.5 Å². The number of esters is 1. The molecular weight excluding hydrogens is 351 g/mol. The molecule has 0 aromatic heterocycles. The van der Waals surface area contributed by atoms with E-state index in [9.17, 15) is 14.9 Å². The highest BCUT2D eigenvalue weighted by atomic mass is 35.5. The summed E-state index contributed by atoms with van der Waals surface area (Å²) >= 11 is 11.7. The number of nitriles is 1. The number of amides is 1. The van der Waals surface area contributed by atoms with Gasteiger partial charge in [0.05, 0.1) is 21.7 Å². The summed E-state index contributed by atoms with van der Waals surface area (Å²) in [6.45, 7) is -0.418. The van der Waals surface area contributed by atoms with Gasteiger partial charge in [-0.1, -0.05) is 42.5 Å². The lowest BCUT2D eigenvalue weighted by molar-refractivity contribution is -0.138. The van der Waals surface area contributed by atoms with E-state index in [4.69, 9.17) is 27.9 Å². The maximum absolute atomic E-state index is 12.3. The topological polar surface area (TPSA) is 70.4 Å². The fourth-order valence-corrected chi connectivity index (χ4v) is 3.13. The number of ether oxygens (including phenoxy) is 1. The fourth-order valence-electron chi connectivity index (χ4n) is 2.83. The van der Waals surface area contributed by atoms with E-state index in [-0.39, 0.29) is 10.6 Å². The summed E-state index contributed by atoms with van der Waals surface area (Å²) in [4.78, 5) is 25.7. The van der Waals surface area contributed by atoms with Gasteiger partial charge in [-0.3, -0.25) is 4.79 Å². The highest BCUT2D eigenvalue weighted by Crippen LogP contribution is 2.32. The second-order valence-corrected chi connectivity index (χ2v) is 6.68. The van der Waals surface area contributed by atoms with Crippen LogP contribution in [0.5, 0.6) is 0 Å². The number of nitrogens with zero attached hydrogens (tertiary/aromatic N) is 2. The number of benzene rings is 1. The number of carbonyl (C=O) groups is 2. The molecule has 128 valence electrons. The summed E-state index contributed by atoms with van der Waals surface area (Å²) in [5, 5.41) is 10.1. The Balaban J connectivity index is 1.97. The molecule has 0 atom stereocenters. The van der Waals surface area contributed by atoms with Crippen molar-refractivity contribution in [3.8, 4) is 6.07 Å². The summed E-state index contributed by atoms with van der Waals surface area (Å²) in [6, 6.07) is 6.61. The minimum atomic E-state index is -0.800. The molecule has 1 aliphatic rings. The number of hydrogen-bond donors (Lipinski definition) is 0. The first-order valence-electron chi connectivity index (χ1n) is 7.70. The third-order valence-corrected chi connectivity index (χ3v) is 5.13. The SMILES string of the molecule is CN(C(=O)COC(=O)c1ccc(Cl)c(Cl)c1)C1(C#N)CCCCC1. The second-order valence-electron chi connectivity index (χ2n) is 5.86. The van der Waals surface area contributed by atoms with Gasteiger partial charge in [0.15, 0.2) is 6.61 Å². The number of rotatable bonds is 4. The molecule has 1 saturated carbocycles. The summed E-state index contributed by atoms with van der Waals surface area (Å²) in [7, 11) is 1.59. The van der Waals surface area contributed by atoms with Crippen LogP contribution in [-0.4, -0.2) is 36.0 Å². The lowest BCUT2D eigenvalue weighted by Crippen LogP contribution is -2.51. The van der Waals surface area contributed by atoms with Crippen LogP contribution >= 0.6 is 23.2 Å². The monoisotopic (exact) mass is 368 g/mol. The van der Waals surface area contributed by atoms with Gasteiger partial charge in [0.25, 0.3) is 5.91 Å². The van der Waals surface area contributed by atoms with Crippen LogP contribution < -0.4 is 0 Å². The smallest absolute Gasteiger partial charge is 0.338 e. The van der Waals surface area contributed by atoms with E-state index in [0.29, 0.717) is 17.9 Å². The van der Waals surface area contributed by atoms with Crippen molar-refractivity contribution in [3.63, 3.8) is 0 Å². The Bertz CT molecular complexity index is 679. The van der Waals surface area contributed by atoms with Gasteiger partial charge in [0.1, 0.15) is 5.54 Å². The molecule has 0 aliphatic heterocycles. The zero-order valence-corrected chi connectivity index (χ0v) is 14.9. The predicted octanol–water partition coefficient (Wildman–Crippen LogP) is 3.84. The van der Waals surface area contributed by atoms with E-state index >= 15 is 0 Å². The number of likely N-dealkylation sites (N-methyl/N-ethyl adjacent to an activating group) is 1. The summed E-state index contributed by atoms with van der Waals surface area (Å²) in [6.07, 6.45) is 4.18. The predicted molar refractivity (Wildman–Crippen MR) is 90.9 cm³/mol. The largest absolute Gasteiger partial charge is 0.452 e. The summed E-state index contributed by atoms with van der Waals surface area (Å²) < 4.78 is 5.04. The molecule has 1 aliphatic carbocycles. The lowest BCUT2D eigenvalue weighted by Gasteiger charge is -2.38. The molecule has 1 aromatic carbocycles. The van der Waals surface area contributed by atoms with Gasteiger partial charge in [-0.05, 0) is 31.0 Å². The van der Waals surface area contributed by atoms with E-state index in [1.165, 1.54) is 23.1 Å². The Morgan fingerprint density at radius 1 is 1.25 bits per heavy atom. The average Bonchev–Trinajstić information content (AvgIpc) is 2.61. The zero-order chi connectivity index (χ0) is 17.7. The molecule has 0 bridgehead atoms. The van der Waals surface area contributed by atoms with Crippen LogP contribution in [0.4, 0.5) is 0 Å². The van der Waals surface area contributed by atoms with Gasteiger partial charge >= 0.3 is 5.97 Å². The molecule has 24 heavy (non-hydrogen) atoms. The highest BCUT2D eigenvalue weighted by molar-refractivity contribution is 6.42. The van der Waals surface area contributed by atoms with E-state index in [1.54, 1.807) is 7.05 Å². The van der Waals surface area contributed by atoms with Crippen molar-refractivity contribution in [1.82, 2.24) is 4.90 Å². The van der Waals surface area contributed by atoms with Crippen molar-refractivity contribution < 1.29 is 14.3 Å². The Hall–Kier alpha value is -1.77. The van der Waals surface area contributed by atoms with Crippen LogP contribution in [0.3, 0.4) is 0 Å². The first kappa shape index (κ1) is 18.6. The van der Waals surface area contributed by atoms with Crippen LogP contribution in [0, 0.1) is 11.3 Å². The van der Waals surface area contributed by atoms with Gasteiger partial charge in [-0.15, -0.1) is 0 Å². The molecule has 0 spiro atoms. The molecule has 2 rings (SSSR count). The average molecular weight is 369 g/mol. The Morgan fingerprint density at radius 3 is 2.50 bits per heavy atom. The van der Waals surface area contributed by atoms with Gasteiger partial charge in [0, 0.05) is 7.05 Å². The van der Waals surface area contributed by atoms with Crippen LogP contribution in [0.25, 0.3) is 0 Å². The first-order chi connectivity index (χ1) is 11.4. The minimum Gasteiger partial charge on any atom is -0.452 e. The molecule has 0 N–H and O–H groups in total. The third kappa shape index (κ3) is 4.00. The molecule has 0 unspecified atom stereocenters. The molecular formula is C17H18Cl2N2O3. The third-order valence-electron chi connectivity index (χ3n) is 4.39. The maximum Gasteiger partial charge on any atom is 0.338 e. The summed E-state index contributed by atoms with van der Waals surface area (Å²) in [5.41, 5.74) is -0.585. The van der Waals surface area contributed by atoms with Crippen molar-refractivity contribution in [1.29, 1.82) is 5.26 Å². The quantitative estimate of drug-likeness (QED) is 0.757. The Kier molecular flexibility index (Phi) is 6.09. The zero-order valence-electron chi connectivity index (χ0n) is 13.3. The molecule has 5 nitrogen and oxygen atoms in total.